The first-order valence-electron chi connectivity index (χ1n) is 10.8. The van der Waals surface area contributed by atoms with Gasteiger partial charge in [0.25, 0.3) is 0 Å². The van der Waals surface area contributed by atoms with E-state index in [0.29, 0.717) is 0 Å². The van der Waals surface area contributed by atoms with E-state index >= 15 is 0 Å². The smallest absolute Gasteiger partial charge is 0.0467 e. The molecule has 0 atom stereocenters. The van der Waals surface area contributed by atoms with Gasteiger partial charge in [0.2, 0.25) is 0 Å². The van der Waals surface area contributed by atoms with E-state index in [1.54, 1.807) is 0 Å². The summed E-state index contributed by atoms with van der Waals surface area (Å²) in [4.78, 5) is 2.29. The van der Waals surface area contributed by atoms with Crippen LogP contribution in [0.3, 0.4) is 0 Å². The molecule has 0 fully saturated rings. The Bertz CT molecular complexity index is 1270. The molecule has 0 aromatic heterocycles. The molecule has 1 N–H and O–H groups in total. The zero-order valence-corrected chi connectivity index (χ0v) is 17.7. The molecule has 0 saturated heterocycles. The van der Waals surface area contributed by atoms with Crippen LogP contribution in [0.2, 0.25) is 0 Å². The van der Waals surface area contributed by atoms with Gasteiger partial charge in [-0.3, -0.25) is 0 Å². The molecule has 0 unspecified atom stereocenters. The lowest BCUT2D eigenvalue weighted by Crippen LogP contribution is -2.09. The Kier molecular flexibility index (Phi) is 5.67. The first kappa shape index (κ1) is 19.7. The van der Waals surface area contributed by atoms with Crippen molar-refractivity contribution >= 4 is 28.4 Å². The van der Waals surface area contributed by atoms with E-state index in [0.717, 1.165) is 28.4 Å². The lowest BCUT2D eigenvalue weighted by Gasteiger charge is -2.26. The van der Waals surface area contributed by atoms with Crippen molar-refractivity contribution in [3.8, 4) is 11.1 Å². The monoisotopic (exact) mass is 412 g/mol. The Morgan fingerprint density at radius 3 is 1.56 bits per heavy atom. The highest BCUT2D eigenvalue weighted by Gasteiger charge is 2.13. The molecule has 0 bridgehead atoms. The predicted octanol–water partition coefficient (Wildman–Crippen LogP) is 8.57. The van der Waals surface area contributed by atoms with E-state index in [9.17, 15) is 0 Å². The molecule has 32 heavy (non-hydrogen) atoms. The Labute approximate surface area is 189 Å². The summed E-state index contributed by atoms with van der Waals surface area (Å²) in [6, 6.07) is 48.5. The van der Waals surface area contributed by atoms with E-state index in [1.807, 2.05) is 18.2 Å². The maximum atomic E-state index is 3.46. The van der Waals surface area contributed by atoms with Gasteiger partial charge in [-0.2, -0.15) is 0 Å². The molecular formula is C30H24N2. The second-order valence-corrected chi connectivity index (χ2v) is 7.63. The van der Waals surface area contributed by atoms with Crippen molar-refractivity contribution in [2.75, 3.05) is 10.2 Å². The summed E-state index contributed by atoms with van der Waals surface area (Å²) in [5.74, 6) is 0. The van der Waals surface area contributed by atoms with Crippen LogP contribution in [0.4, 0.5) is 28.4 Å². The summed E-state index contributed by atoms with van der Waals surface area (Å²) in [6.45, 7) is 0. The van der Waals surface area contributed by atoms with E-state index in [-0.39, 0.29) is 0 Å². The van der Waals surface area contributed by atoms with Gasteiger partial charge in [-0.15, -0.1) is 0 Å². The van der Waals surface area contributed by atoms with Crippen LogP contribution in [-0.4, -0.2) is 0 Å². The number of para-hydroxylation sites is 2. The van der Waals surface area contributed by atoms with Gasteiger partial charge in [-0.05, 0) is 71.8 Å². The van der Waals surface area contributed by atoms with Crippen LogP contribution < -0.4 is 10.2 Å². The van der Waals surface area contributed by atoms with Crippen molar-refractivity contribution in [2.45, 2.75) is 0 Å². The minimum absolute atomic E-state index is 1.06. The van der Waals surface area contributed by atoms with Gasteiger partial charge in [0, 0.05) is 28.4 Å². The molecule has 154 valence electrons. The van der Waals surface area contributed by atoms with Gasteiger partial charge in [0.15, 0.2) is 0 Å². The standard InChI is InChI=1S/C30H24N2/c1-4-11-24(12-5-1)25-13-10-18-30(23-25)32(28-16-8-3-9-17-28)29-21-19-27(20-22-29)31-26-14-6-2-7-15-26/h1-23,31H. The number of hydrogen-bond acceptors (Lipinski definition) is 2. The molecule has 0 spiro atoms. The second-order valence-electron chi connectivity index (χ2n) is 7.63. The number of hydrogen-bond donors (Lipinski definition) is 1. The van der Waals surface area contributed by atoms with Crippen LogP contribution in [0, 0.1) is 0 Å². The van der Waals surface area contributed by atoms with E-state index in [1.165, 1.54) is 11.1 Å². The van der Waals surface area contributed by atoms with Crippen molar-refractivity contribution in [1.82, 2.24) is 0 Å². The van der Waals surface area contributed by atoms with Gasteiger partial charge in [0.1, 0.15) is 0 Å². The summed E-state index contributed by atoms with van der Waals surface area (Å²) in [7, 11) is 0. The third-order valence-electron chi connectivity index (χ3n) is 5.41. The van der Waals surface area contributed by atoms with Gasteiger partial charge in [0.05, 0.1) is 0 Å². The molecule has 0 heterocycles. The van der Waals surface area contributed by atoms with Gasteiger partial charge >= 0.3 is 0 Å². The summed E-state index contributed by atoms with van der Waals surface area (Å²) >= 11 is 0. The molecular weight excluding hydrogens is 388 g/mol. The quantitative estimate of drug-likeness (QED) is 0.300. The normalized spacial score (nSPS) is 10.5. The largest absolute Gasteiger partial charge is 0.356 e. The molecule has 5 aromatic carbocycles. The Balaban J connectivity index is 1.51. The van der Waals surface area contributed by atoms with Crippen LogP contribution in [-0.2, 0) is 0 Å². The predicted molar refractivity (Wildman–Crippen MR) is 136 cm³/mol. The summed E-state index contributed by atoms with van der Waals surface area (Å²) < 4.78 is 0. The molecule has 0 radical (unpaired) electrons. The molecule has 0 aliphatic heterocycles. The average molecular weight is 413 g/mol. The van der Waals surface area contributed by atoms with Gasteiger partial charge in [-0.1, -0.05) is 78.9 Å². The first-order valence-corrected chi connectivity index (χ1v) is 10.8. The first-order chi connectivity index (χ1) is 15.9. The van der Waals surface area contributed by atoms with E-state index in [4.69, 9.17) is 0 Å². The molecule has 5 aromatic rings. The molecule has 2 heteroatoms. The van der Waals surface area contributed by atoms with Crippen molar-refractivity contribution in [1.29, 1.82) is 0 Å². The van der Waals surface area contributed by atoms with Crippen LogP contribution in [0.15, 0.2) is 140 Å². The number of benzene rings is 5. The highest BCUT2D eigenvalue weighted by molar-refractivity contribution is 5.80. The molecule has 0 amide bonds. The zero-order valence-electron chi connectivity index (χ0n) is 17.7. The van der Waals surface area contributed by atoms with Crippen LogP contribution in [0.1, 0.15) is 0 Å². The molecule has 0 saturated carbocycles. The van der Waals surface area contributed by atoms with Crippen molar-refractivity contribution in [3.63, 3.8) is 0 Å². The van der Waals surface area contributed by atoms with Crippen LogP contribution in [0.25, 0.3) is 11.1 Å². The lowest BCUT2D eigenvalue weighted by atomic mass is 10.0. The van der Waals surface area contributed by atoms with E-state index < -0.39 is 0 Å². The second kappa shape index (κ2) is 9.23. The highest BCUT2D eigenvalue weighted by atomic mass is 15.1. The van der Waals surface area contributed by atoms with Crippen molar-refractivity contribution < 1.29 is 0 Å². The fraction of sp³-hybridized carbons (Fsp3) is 0. The topological polar surface area (TPSA) is 15.3 Å². The molecule has 0 aliphatic rings. The summed E-state index contributed by atoms with van der Waals surface area (Å²) in [6.07, 6.45) is 0. The van der Waals surface area contributed by atoms with Gasteiger partial charge in [-0.25, -0.2) is 0 Å². The highest BCUT2D eigenvalue weighted by Crippen LogP contribution is 2.36. The Hall–Kier alpha value is -4.30. The number of rotatable bonds is 6. The van der Waals surface area contributed by atoms with Crippen LogP contribution >= 0.6 is 0 Å². The Morgan fingerprint density at radius 1 is 0.375 bits per heavy atom. The average Bonchev–Trinajstić information content (AvgIpc) is 2.87. The number of anilines is 5. The lowest BCUT2D eigenvalue weighted by molar-refractivity contribution is 1.28. The van der Waals surface area contributed by atoms with E-state index in [2.05, 4.69) is 132 Å². The maximum absolute atomic E-state index is 3.46. The molecule has 5 rings (SSSR count). The fourth-order valence-corrected chi connectivity index (χ4v) is 3.86. The molecule has 0 aliphatic carbocycles. The van der Waals surface area contributed by atoms with Gasteiger partial charge < -0.3 is 10.2 Å². The minimum atomic E-state index is 1.06. The van der Waals surface area contributed by atoms with Crippen molar-refractivity contribution in [3.05, 3.63) is 140 Å². The number of nitrogens with one attached hydrogen (secondary N) is 1. The SMILES string of the molecule is c1ccc(Nc2ccc(N(c3ccccc3)c3cccc(-c4ccccc4)c3)cc2)cc1. The van der Waals surface area contributed by atoms with Crippen LogP contribution in [0.5, 0.6) is 0 Å². The minimum Gasteiger partial charge on any atom is -0.356 e. The fourth-order valence-electron chi connectivity index (χ4n) is 3.86. The summed E-state index contributed by atoms with van der Waals surface area (Å²) in [5, 5.41) is 3.46. The number of nitrogens with zero attached hydrogens (tertiary/aromatic N) is 1. The van der Waals surface area contributed by atoms with Crippen molar-refractivity contribution in [2.24, 2.45) is 0 Å². The zero-order chi connectivity index (χ0) is 21.6. The maximum Gasteiger partial charge on any atom is 0.0467 e. The molecule has 2 nitrogen and oxygen atoms in total. The third kappa shape index (κ3) is 4.40. The summed E-state index contributed by atoms with van der Waals surface area (Å²) in [5.41, 5.74) is 7.92. The third-order valence-corrected chi connectivity index (χ3v) is 5.41. The Morgan fingerprint density at radius 2 is 0.875 bits per heavy atom.